The highest BCUT2D eigenvalue weighted by Gasteiger charge is 2.10. The van der Waals surface area contributed by atoms with Crippen LogP contribution >= 0.6 is 15.9 Å². The van der Waals surface area contributed by atoms with Crippen molar-refractivity contribution in [2.45, 2.75) is 13.1 Å². The van der Waals surface area contributed by atoms with Crippen molar-refractivity contribution in [3.63, 3.8) is 0 Å². The molecule has 0 atom stereocenters. The first kappa shape index (κ1) is 15.1. The van der Waals surface area contributed by atoms with Crippen LogP contribution in [0.1, 0.15) is 16.1 Å². The first-order valence-electron chi connectivity index (χ1n) is 5.79. The third kappa shape index (κ3) is 4.35. The number of hydrogen-bond acceptors (Lipinski definition) is 4. The van der Waals surface area contributed by atoms with Crippen LogP contribution in [0.3, 0.4) is 0 Å². The molecular formula is C12H10BrFN4O3. The summed E-state index contributed by atoms with van der Waals surface area (Å²) in [4.78, 5) is 22.4. The Morgan fingerprint density at radius 2 is 2.14 bits per heavy atom. The van der Waals surface area contributed by atoms with E-state index in [1.54, 1.807) is 0 Å². The molecule has 0 unspecified atom stereocenters. The van der Waals surface area contributed by atoms with Crippen molar-refractivity contribution in [3.8, 4) is 0 Å². The second-order valence-electron chi connectivity index (χ2n) is 4.14. The normalized spacial score (nSPS) is 10.4. The smallest absolute Gasteiger partial charge is 0.325 e. The van der Waals surface area contributed by atoms with Gasteiger partial charge >= 0.3 is 5.97 Å². The largest absolute Gasteiger partial charge is 0.480 e. The van der Waals surface area contributed by atoms with Crippen LogP contribution in [-0.2, 0) is 17.9 Å². The lowest BCUT2D eigenvalue weighted by atomic mass is 10.2. The number of aliphatic carboxylic acids is 1. The van der Waals surface area contributed by atoms with Crippen molar-refractivity contribution in [1.82, 2.24) is 20.3 Å². The van der Waals surface area contributed by atoms with E-state index in [1.165, 1.54) is 18.3 Å². The Bertz CT molecular complexity index is 669. The van der Waals surface area contributed by atoms with E-state index in [4.69, 9.17) is 5.11 Å². The van der Waals surface area contributed by atoms with Gasteiger partial charge in [-0.15, -0.1) is 5.10 Å². The molecule has 0 radical (unpaired) electrons. The van der Waals surface area contributed by atoms with Crippen LogP contribution in [0.5, 0.6) is 0 Å². The van der Waals surface area contributed by atoms with E-state index in [0.29, 0.717) is 10.2 Å². The highest BCUT2D eigenvalue weighted by atomic mass is 79.9. The molecule has 0 aliphatic rings. The zero-order chi connectivity index (χ0) is 15.4. The van der Waals surface area contributed by atoms with Crippen LogP contribution < -0.4 is 5.32 Å². The van der Waals surface area contributed by atoms with Crippen LogP contribution in [0.15, 0.2) is 28.9 Å². The van der Waals surface area contributed by atoms with E-state index in [-0.39, 0.29) is 18.7 Å². The molecule has 21 heavy (non-hydrogen) atoms. The van der Waals surface area contributed by atoms with Crippen molar-refractivity contribution in [3.05, 3.63) is 45.9 Å². The third-order valence-corrected chi connectivity index (χ3v) is 2.90. The summed E-state index contributed by atoms with van der Waals surface area (Å²) in [7, 11) is 0. The maximum atomic E-state index is 13.2. The highest BCUT2D eigenvalue weighted by molar-refractivity contribution is 9.10. The predicted molar refractivity (Wildman–Crippen MR) is 72.9 cm³/mol. The van der Waals surface area contributed by atoms with Crippen molar-refractivity contribution in [2.75, 3.05) is 0 Å². The number of hydrogen-bond donors (Lipinski definition) is 2. The van der Waals surface area contributed by atoms with E-state index in [0.717, 1.165) is 10.7 Å². The zero-order valence-corrected chi connectivity index (χ0v) is 12.2. The molecule has 1 heterocycles. The third-order valence-electron chi connectivity index (χ3n) is 2.44. The van der Waals surface area contributed by atoms with Crippen molar-refractivity contribution in [2.24, 2.45) is 0 Å². The van der Waals surface area contributed by atoms with Gasteiger partial charge in [0.1, 0.15) is 18.1 Å². The number of nitrogens with zero attached hydrogens (tertiary/aromatic N) is 3. The minimum absolute atomic E-state index is 0.0621. The fraction of sp³-hybridized carbons (Fsp3) is 0.167. The number of aromatic nitrogens is 3. The van der Waals surface area contributed by atoms with Gasteiger partial charge < -0.3 is 10.4 Å². The summed E-state index contributed by atoms with van der Waals surface area (Å²) in [5, 5.41) is 18.5. The Kier molecular flexibility index (Phi) is 4.63. The molecule has 0 spiro atoms. The Labute approximate surface area is 126 Å². The molecule has 9 heteroatoms. The van der Waals surface area contributed by atoms with Crippen molar-refractivity contribution in [1.29, 1.82) is 0 Å². The van der Waals surface area contributed by atoms with Crippen molar-refractivity contribution >= 4 is 27.8 Å². The van der Waals surface area contributed by atoms with E-state index in [2.05, 4.69) is 31.6 Å². The standard InChI is InChI=1S/C12H10BrFN4O3/c13-8-1-7(2-9(14)3-8)12(21)15-4-10-5-18(17-16-10)6-11(19)20/h1-3,5H,4,6H2,(H,15,21)(H,19,20). The number of nitrogens with one attached hydrogen (secondary N) is 1. The molecule has 0 saturated carbocycles. The molecule has 0 saturated heterocycles. The summed E-state index contributed by atoms with van der Waals surface area (Å²) in [6.07, 6.45) is 1.41. The second kappa shape index (κ2) is 6.44. The summed E-state index contributed by atoms with van der Waals surface area (Å²) >= 11 is 3.10. The van der Waals surface area contributed by atoms with Gasteiger partial charge in [0.2, 0.25) is 0 Å². The Balaban J connectivity index is 1.97. The maximum absolute atomic E-state index is 13.2. The number of carbonyl (C=O) groups is 2. The lowest BCUT2D eigenvalue weighted by Gasteiger charge is -2.04. The van der Waals surface area contributed by atoms with Gasteiger partial charge in [-0.3, -0.25) is 9.59 Å². The van der Waals surface area contributed by atoms with Crippen LogP contribution in [0, 0.1) is 5.82 Å². The molecular weight excluding hydrogens is 347 g/mol. The number of carboxylic acids is 1. The van der Waals surface area contributed by atoms with Gasteiger partial charge in [-0.1, -0.05) is 21.1 Å². The molecule has 0 aliphatic heterocycles. The maximum Gasteiger partial charge on any atom is 0.325 e. The monoisotopic (exact) mass is 356 g/mol. The molecule has 7 nitrogen and oxygen atoms in total. The molecule has 2 rings (SSSR count). The number of rotatable bonds is 5. The van der Waals surface area contributed by atoms with Gasteiger partial charge in [0.15, 0.2) is 0 Å². The van der Waals surface area contributed by atoms with Crippen LogP contribution in [-0.4, -0.2) is 32.0 Å². The van der Waals surface area contributed by atoms with Gasteiger partial charge in [-0.2, -0.15) is 0 Å². The van der Waals surface area contributed by atoms with Gasteiger partial charge in [0, 0.05) is 10.0 Å². The molecule has 2 N–H and O–H groups in total. The van der Waals surface area contributed by atoms with Crippen LogP contribution in [0.2, 0.25) is 0 Å². The van der Waals surface area contributed by atoms with Crippen LogP contribution in [0.25, 0.3) is 0 Å². The molecule has 0 bridgehead atoms. The summed E-state index contributed by atoms with van der Waals surface area (Å²) in [6.45, 7) is -0.246. The number of benzene rings is 1. The molecule has 1 aromatic carbocycles. The highest BCUT2D eigenvalue weighted by Crippen LogP contribution is 2.14. The summed E-state index contributed by atoms with van der Waals surface area (Å²) in [5.41, 5.74) is 0.569. The van der Waals surface area contributed by atoms with Crippen LogP contribution in [0.4, 0.5) is 4.39 Å². The summed E-state index contributed by atoms with van der Waals surface area (Å²) < 4.78 is 14.8. The van der Waals surface area contributed by atoms with E-state index in [1.807, 2.05) is 0 Å². The van der Waals surface area contributed by atoms with Gasteiger partial charge in [0.25, 0.3) is 5.91 Å². The number of halogens is 2. The fourth-order valence-electron chi connectivity index (χ4n) is 1.59. The number of carboxylic acid groups (broad SMARTS) is 1. The molecule has 1 amide bonds. The van der Waals surface area contributed by atoms with E-state index in [9.17, 15) is 14.0 Å². The quantitative estimate of drug-likeness (QED) is 0.838. The minimum Gasteiger partial charge on any atom is -0.480 e. The fourth-order valence-corrected chi connectivity index (χ4v) is 2.06. The average molecular weight is 357 g/mol. The van der Waals surface area contributed by atoms with Gasteiger partial charge in [0.05, 0.1) is 12.7 Å². The summed E-state index contributed by atoms with van der Waals surface area (Å²) in [5.74, 6) is -2.04. The zero-order valence-electron chi connectivity index (χ0n) is 10.6. The lowest BCUT2D eigenvalue weighted by molar-refractivity contribution is -0.137. The SMILES string of the molecule is O=C(O)Cn1cc(CNC(=O)c2cc(F)cc(Br)c2)nn1. The molecule has 0 aliphatic carbocycles. The Hall–Kier alpha value is -2.29. The first-order chi connectivity index (χ1) is 9.94. The molecule has 0 fully saturated rings. The number of amides is 1. The van der Waals surface area contributed by atoms with E-state index >= 15 is 0 Å². The predicted octanol–water partition coefficient (Wildman–Crippen LogP) is 1.19. The lowest BCUT2D eigenvalue weighted by Crippen LogP contribution is -2.23. The average Bonchev–Trinajstić information content (AvgIpc) is 2.81. The molecule has 1 aromatic heterocycles. The van der Waals surface area contributed by atoms with Crippen molar-refractivity contribution < 1.29 is 19.1 Å². The summed E-state index contributed by atoms with van der Waals surface area (Å²) in [6, 6.07) is 3.84. The Morgan fingerprint density at radius 3 is 2.81 bits per heavy atom. The number of carbonyl (C=O) groups excluding carboxylic acids is 1. The van der Waals surface area contributed by atoms with E-state index < -0.39 is 17.7 Å². The second-order valence-corrected chi connectivity index (χ2v) is 5.06. The minimum atomic E-state index is -1.04. The first-order valence-corrected chi connectivity index (χ1v) is 6.58. The van der Waals surface area contributed by atoms with Gasteiger partial charge in [-0.25, -0.2) is 9.07 Å². The Morgan fingerprint density at radius 1 is 1.38 bits per heavy atom. The molecule has 2 aromatic rings. The molecule has 110 valence electrons. The van der Waals surface area contributed by atoms with Gasteiger partial charge in [-0.05, 0) is 18.2 Å². The topological polar surface area (TPSA) is 97.1 Å².